The van der Waals surface area contributed by atoms with Crippen LogP contribution in [0.25, 0.3) is 5.70 Å². The second-order valence-electron chi connectivity index (χ2n) is 9.56. The minimum atomic E-state index is -0.0266. The summed E-state index contributed by atoms with van der Waals surface area (Å²) in [5.74, 6) is 2.89. The summed E-state index contributed by atoms with van der Waals surface area (Å²) in [5.41, 5.74) is 2.34. The van der Waals surface area contributed by atoms with Crippen LogP contribution in [0.2, 0.25) is 0 Å². The highest BCUT2D eigenvalue weighted by Gasteiger charge is 2.54. The van der Waals surface area contributed by atoms with Crippen LogP contribution in [0.4, 0.5) is 0 Å². The van der Waals surface area contributed by atoms with Crippen molar-refractivity contribution in [2.75, 3.05) is 0 Å². The number of thiophene rings is 1. The average Bonchev–Trinajstić information content (AvgIpc) is 2.92. The van der Waals surface area contributed by atoms with Crippen molar-refractivity contribution in [1.29, 1.82) is 0 Å². The molecule has 4 bridgehead atoms. The van der Waals surface area contributed by atoms with Gasteiger partial charge in [0.15, 0.2) is 5.78 Å². The Morgan fingerprint density at radius 1 is 1.17 bits per heavy atom. The van der Waals surface area contributed by atoms with Gasteiger partial charge in [-0.05, 0) is 81.6 Å². The van der Waals surface area contributed by atoms with Crippen molar-refractivity contribution in [3.63, 3.8) is 0 Å². The highest BCUT2D eigenvalue weighted by molar-refractivity contribution is 7.10. The Hall–Kier alpha value is -1.09. The topological polar surface area (TPSA) is 29.1 Å². The van der Waals surface area contributed by atoms with E-state index in [1.54, 1.807) is 0 Å². The third-order valence-corrected chi connectivity index (χ3v) is 7.87. The van der Waals surface area contributed by atoms with Gasteiger partial charge in [0.05, 0.1) is 0 Å². The molecule has 5 aliphatic rings. The van der Waals surface area contributed by atoms with Gasteiger partial charge >= 0.3 is 0 Å². The molecule has 3 heteroatoms. The zero-order valence-corrected chi connectivity index (χ0v) is 15.5. The van der Waals surface area contributed by atoms with E-state index in [1.807, 2.05) is 17.4 Å². The Balaban J connectivity index is 1.49. The van der Waals surface area contributed by atoms with Crippen LogP contribution in [-0.2, 0) is 11.2 Å². The van der Waals surface area contributed by atoms with Crippen molar-refractivity contribution in [1.82, 2.24) is 5.32 Å². The Morgan fingerprint density at radius 3 is 2.42 bits per heavy atom. The maximum atomic E-state index is 13.4. The zero-order valence-electron chi connectivity index (χ0n) is 14.7. The maximum absolute atomic E-state index is 13.4. The lowest BCUT2D eigenvalue weighted by Crippen LogP contribution is -2.50. The number of nitrogens with one attached hydrogen (secondary N) is 1. The molecule has 1 aromatic heterocycles. The average molecular weight is 342 g/mol. The van der Waals surface area contributed by atoms with Crippen LogP contribution in [-0.4, -0.2) is 11.3 Å². The van der Waals surface area contributed by atoms with Gasteiger partial charge in [-0.3, -0.25) is 4.79 Å². The second-order valence-corrected chi connectivity index (χ2v) is 10.6. The van der Waals surface area contributed by atoms with E-state index in [9.17, 15) is 4.79 Å². The number of fused-ring (bicyclic) bond motifs is 1. The fraction of sp³-hybridized carbons (Fsp3) is 0.667. The van der Waals surface area contributed by atoms with Crippen LogP contribution < -0.4 is 5.32 Å². The van der Waals surface area contributed by atoms with E-state index >= 15 is 0 Å². The van der Waals surface area contributed by atoms with Crippen molar-refractivity contribution in [2.24, 2.45) is 23.2 Å². The first-order chi connectivity index (χ1) is 11.4. The van der Waals surface area contributed by atoms with E-state index < -0.39 is 0 Å². The van der Waals surface area contributed by atoms with Crippen molar-refractivity contribution >= 4 is 22.8 Å². The SMILES string of the molecule is CC1(C)Cc2sccc2C(=CC(=O)C23CC4CC(CC(C4)C2)C3)N1. The molecule has 24 heavy (non-hydrogen) atoms. The van der Waals surface area contributed by atoms with Crippen molar-refractivity contribution in [3.8, 4) is 0 Å². The van der Waals surface area contributed by atoms with Gasteiger partial charge in [-0.25, -0.2) is 0 Å². The van der Waals surface area contributed by atoms with Gasteiger partial charge in [-0.15, -0.1) is 11.3 Å². The minimum Gasteiger partial charge on any atom is -0.379 e. The van der Waals surface area contributed by atoms with Gasteiger partial charge in [0.2, 0.25) is 0 Å². The molecule has 1 aliphatic heterocycles. The standard InChI is InChI=1S/C21H27NOS/c1-20(2)12-18-16(3-4-24-18)17(22-20)8-19(23)21-9-13-5-14(10-21)7-15(6-13)11-21/h3-4,8,13-15,22H,5-7,9-12H2,1-2H3. The largest absolute Gasteiger partial charge is 0.379 e. The highest BCUT2D eigenvalue weighted by Crippen LogP contribution is 2.60. The third kappa shape index (κ3) is 2.31. The molecule has 4 fully saturated rings. The Kier molecular flexibility index (Phi) is 3.14. The van der Waals surface area contributed by atoms with Crippen molar-refractivity contribution < 1.29 is 4.79 Å². The summed E-state index contributed by atoms with van der Waals surface area (Å²) < 4.78 is 0. The van der Waals surface area contributed by atoms with E-state index in [4.69, 9.17) is 0 Å². The monoisotopic (exact) mass is 341 g/mol. The van der Waals surface area contributed by atoms with E-state index in [1.165, 1.54) is 29.7 Å². The minimum absolute atomic E-state index is 0.0266. The maximum Gasteiger partial charge on any atom is 0.163 e. The Labute approximate surface area is 148 Å². The van der Waals surface area contributed by atoms with Gasteiger partial charge < -0.3 is 5.32 Å². The molecule has 0 saturated heterocycles. The molecule has 0 atom stereocenters. The van der Waals surface area contributed by atoms with E-state index in [0.29, 0.717) is 5.78 Å². The van der Waals surface area contributed by atoms with Crippen LogP contribution in [0.3, 0.4) is 0 Å². The molecule has 4 aliphatic carbocycles. The van der Waals surface area contributed by atoms with Gasteiger partial charge in [0.25, 0.3) is 0 Å². The molecule has 4 saturated carbocycles. The van der Waals surface area contributed by atoms with Crippen LogP contribution in [0.5, 0.6) is 0 Å². The number of ketones is 1. The summed E-state index contributed by atoms with van der Waals surface area (Å²) in [6.07, 6.45) is 10.7. The molecule has 0 unspecified atom stereocenters. The van der Waals surface area contributed by atoms with Crippen LogP contribution in [0, 0.1) is 23.2 Å². The lowest BCUT2D eigenvalue weighted by molar-refractivity contribution is -0.138. The van der Waals surface area contributed by atoms with Gasteiger partial charge in [-0.1, -0.05) is 0 Å². The molecule has 6 rings (SSSR count). The Bertz CT molecular complexity index is 691. The summed E-state index contributed by atoms with van der Waals surface area (Å²) >= 11 is 1.83. The smallest absolute Gasteiger partial charge is 0.163 e. The highest BCUT2D eigenvalue weighted by atomic mass is 32.1. The van der Waals surface area contributed by atoms with Gasteiger partial charge in [-0.2, -0.15) is 0 Å². The van der Waals surface area contributed by atoms with Crippen LogP contribution in [0.1, 0.15) is 62.8 Å². The molecule has 0 spiro atoms. The number of carbonyl (C=O) groups is 1. The molecule has 0 aromatic carbocycles. The molecular weight excluding hydrogens is 314 g/mol. The summed E-state index contributed by atoms with van der Waals surface area (Å²) in [7, 11) is 0. The predicted octanol–water partition coefficient (Wildman–Crippen LogP) is 4.80. The van der Waals surface area contributed by atoms with E-state index in [2.05, 4.69) is 30.6 Å². The molecule has 0 radical (unpaired) electrons. The quantitative estimate of drug-likeness (QED) is 0.783. The summed E-state index contributed by atoms with van der Waals surface area (Å²) in [6, 6.07) is 2.18. The molecule has 128 valence electrons. The van der Waals surface area contributed by atoms with E-state index in [-0.39, 0.29) is 11.0 Å². The molecule has 2 nitrogen and oxygen atoms in total. The first kappa shape index (κ1) is 15.2. The molecule has 2 heterocycles. The fourth-order valence-corrected chi connectivity index (χ4v) is 7.52. The summed E-state index contributed by atoms with van der Waals surface area (Å²) in [4.78, 5) is 14.8. The second kappa shape index (κ2) is 4.97. The molecule has 1 N–H and O–H groups in total. The predicted molar refractivity (Wildman–Crippen MR) is 98.8 cm³/mol. The number of hydrogen-bond donors (Lipinski definition) is 1. The van der Waals surface area contributed by atoms with Crippen LogP contribution in [0.15, 0.2) is 17.5 Å². The first-order valence-electron chi connectivity index (χ1n) is 9.54. The molecule has 1 aromatic rings. The van der Waals surface area contributed by atoms with Gasteiger partial charge in [0, 0.05) is 39.6 Å². The third-order valence-electron chi connectivity index (χ3n) is 6.95. The lowest BCUT2D eigenvalue weighted by atomic mass is 9.48. The zero-order chi connectivity index (χ0) is 16.5. The lowest BCUT2D eigenvalue weighted by Gasteiger charge is -2.55. The number of carbonyl (C=O) groups excluding carboxylic acids is 1. The van der Waals surface area contributed by atoms with E-state index in [0.717, 1.165) is 49.1 Å². The Morgan fingerprint density at radius 2 is 1.79 bits per heavy atom. The summed E-state index contributed by atoms with van der Waals surface area (Å²) in [6.45, 7) is 4.47. The normalized spacial score (nSPS) is 40.4. The molecular formula is C21H27NOS. The number of hydrogen-bond acceptors (Lipinski definition) is 3. The van der Waals surface area contributed by atoms with Crippen molar-refractivity contribution in [2.45, 2.75) is 64.3 Å². The van der Waals surface area contributed by atoms with Crippen LogP contribution >= 0.6 is 11.3 Å². The van der Waals surface area contributed by atoms with Crippen molar-refractivity contribution in [3.05, 3.63) is 28.0 Å². The summed E-state index contributed by atoms with van der Waals surface area (Å²) in [5, 5.41) is 5.81. The first-order valence-corrected chi connectivity index (χ1v) is 10.4. The number of rotatable bonds is 2. The molecule has 0 amide bonds. The number of allylic oxidation sites excluding steroid dienone is 1. The van der Waals surface area contributed by atoms with Gasteiger partial charge in [0.1, 0.15) is 0 Å². The fourth-order valence-electron chi connectivity index (χ4n) is 6.41.